The van der Waals surface area contributed by atoms with Gasteiger partial charge in [0.2, 0.25) is 0 Å². The van der Waals surface area contributed by atoms with Crippen molar-refractivity contribution in [2.24, 2.45) is 11.8 Å². The monoisotopic (exact) mass is 296 g/mol. The molecule has 21 heavy (non-hydrogen) atoms. The van der Waals surface area contributed by atoms with Gasteiger partial charge in [-0.15, -0.1) is 0 Å². The second kappa shape index (κ2) is 7.59. The van der Waals surface area contributed by atoms with Gasteiger partial charge in [0.15, 0.2) is 0 Å². The van der Waals surface area contributed by atoms with E-state index >= 15 is 0 Å². The molecule has 4 atom stereocenters. The van der Waals surface area contributed by atoms with E-state index in [1.165, 1.54) is 25.7 Å². The topological polar surface area (TPSA) is 43.8 Å². The van der Waals surface area contributed by atoms with Crippen LogP contribution in [0.3, 0.4) is 0 Å². The van der Waals surface area contributed by atoms with E-state index in [0.29, 0.717) is 6.04 Å². The van der Waals surface area contributed by atoms with Crippen molar-refractivity contribution >= 4 is 5.97 Å². The number of carboxylic acid groups (broad SMARTS) is 1. The normalized spacial score (nSPS) is 35.0. The summed E-state index contributed by atoms with van der Waals surface area (Å²) in [5.41, 5.74) is 0. The molecule has 122 valence electrons. The zero-order valence-corrected chi connectivity index (χ0v) is 13.9. The Labute approximate surface area is 129 Å². The van der Waals surface area contributed by atoms with Crippen LogP contribution in [0.15, 0.2) is 0 Å². The minimum absolute atomic E-state index is 0.154. The molecule has 2 aliphatic rings. The fraction of sp³-hybridized carbons (Fsp3) is 0.941. The molecule has 0 aromatic heterocycles. The van der Waals surface area contributed by atoms with Gasteiger partial charge in [-0.2, -0.15) is 0 Å². The third-order valence-electron chi connectivity index (χ3n) is 5.57. The molecule has 4 heteroatoms. The SMILES string of the molecule is CCCC1CCC(C(=O)O)C(N2CCCC(N(C)C)C2)C1. The Hall–Kier alpha value is -0.610. The lowest BCUT2D eigenvalue weighted by Crippen LogP contribution is -2.54. The number of hydrogen-bond acceptors (Lipinski definition) is 3. The van der Waals surface area contributed by atoms with E-state index in [4.69, 9.17) is 0 Å². The summed E-state index contributed by atoms with van der Waals surface area (Å²) in [5.74, 6) is -0.00345. The van der Waals surface area contributed by atoms with E-state index in [1.54, 1.807) is 0 Å². The molecule has 0 spiro atoms. The first-order chi connectivity index (χ1) is 10.0. The summed E-state index contributed by atoms with van der Waals surface area (Å²) in [5, 5.41) is 9.59. The Morgan fingerprint density at radius 3 is 2.67 bits per heavy atom. The summed E-state index contributed by atoms with van der Waals surface area (Å²) in [6.07, 6.45) is 7.98. The molecule has 1 N–H and O–H groups in total. The van der Waals surface area contributed by atoms with Crippen LogP contribution in [-0.4, -0.2) is 60.1 Å². The van der Waals surface area contributed by atoms with Crippen LogP contribution in [0.1, 0.15) is 51.9 Å². The average Bonchev–Trinajstić information content (AvgIpc) is 2.47. The summed E-state index contributed by atoms with van der Waals surface area (Å²) < 4.78 is 0. The van der Waals surface area contributed by atoms with Crippen LogP contribution in [0.5, 0.6) is 0 Å². The summed E-state index contributed by atoms with van der Waals surface area (Å²) >= 11 is 0. The van der Waals surface area contributed by atoms with Crippen LogP contribution in [0.25, 0.3) is 0 Å². The van der Waals surface area contributed by atoms with Crippen LogP contribution < -0.4 is 0 Å². The van der Waals surface area contributed by atoms with Crippen LogP contribution in [0.2, 0.25) is 0 Å². The maximum absolute atomic E-state index is 11.7. The van der Waals surface area contributed by atoms with Gasteiger partial charge in [-0.05, 0) is 58.7 Å². The number of rotatable bonds is 5. The Morgan fingerprint density at radius 2 is 2.05 bits per heavy atom. The number of nitrogens with zero attached hydrogens (tertiary/aromatic N) is 2. The van der Waals surface area contributed by atoms with Crippen molar-refractivity contribution in [2.45, 2.75) is 64.0 Å². The molecule has 1 saturated carbocycles. The third-order valence-corrected chi connectivity index (χ3v) is 5.57. The summed E-state index contributed by atoms with van der Waals surface area (Å²) in [6, 6.07) is 0.843. The highest BCUT2D eigenvalue weighted by Gasteiger charge is 2.39. The molecule has 0 amide bonds. The molecule has 1 aliphatic carbocycles. The van der Waals surface area contributed by atoms with Crippen molar-refractivity contribution < 1.29 is 9.90 Å². The molecule has 2 rings (SSSR count). The van der Waals surface area contributed by atoms with Crippen molar-refractivity contribution in [2.75, 3.05) is 27.2 Å². The molecule has 4 unspecified atom stereocenters. The van der Waals surface area contributed by atoms with E-state index < -0.39 is 5.97 Å². The number of likely N-dealkylation sites (tertiary alicyclic amines) is 1. The Balaban J connectivity index is 2.05. The molecule has 2 fully saturated rings. The highest BCUT2D eigenvalue weighted by atomic mass is 16.4. The zero-order valence-electron chi connectivity index (χ0n) is 13.9. The maximum atomic E-state index is 11.7. The molecule has 0 radical (unpaired) electrons. The van der Waals surface area contributed by atoms with E-state index in [-0.39, 0.29) is 12.0 Å². The van der Waals surface area contributed by atoms with Gasteiger partial charge in [-0.25, -0.2) is 0 Å². The predicted octanol–water partition coefficient (Wildman–Crippen LogP) is 2.68. The second-order valence-electron chi connectivity index (χ2n) is 7.23. The quantitative estimate of drug-likeness (QED) is 0.847. The predicted molar refractivity (Wildman–Crippen MR) is 85.4 cm³/mol. The Morgan fingerprint density at radius 1 is 1.29 bits per heavy atom. The van der Waals surface area contributed by atoms with Gasteiger partial charge in [0.05, 0.1) is 5.92 Å². The van der Waals surface area contributed by atoms with Crippen molar-refractivity contribution in [1.29, 1.82) is 0 Å². The first-order valence-corrected chi connectivity index (χ1v) is 8.66. The van der Waals surface area contributed by atoms with E-state index in [0.717, 1.165) is 38.3 Å². The van der Waals surface area contributed by atoms with Crippen LogP contribution in [-0.2, 0) is 4.79 Å². The summed E-state index contributed by atoms with van der Waals surface area (Å²) in [6.45, 7) is 4.36. The van der Waals surface area contributed by atoms with E-state index in [2.05, 4.69) is 30.8 Å². The van der Waals surface area contributed by atoms with Gasteiger partial charge in [0.25, 0.3) is 0 Å². The largest absolute Gasteiger partial charge is 0.481 e. The molecule has 0 bridgehead atoms. The lowest BCUT2D eigenvalue weighted by atomic mass is 9.75. The highest BCUT2D eigenvalue weighted by Crippen LogP contribution is 2.36. The minimum Gasteiger partial charge on any atom is -0.481 e. The van der Waals surface area contributed by atoms with E-state index in [1.807, 2.05) is 0 Å². The van der Waals surface area contributed by atoms with Gasteiger partial charge in [0.1, 0.15) is 0 Å². The molecular weight excluding hydrogens is 264 g/mol. The lowest BCUT2D eigenvalue weighted by molar-refractivity contribution is -0.146. The van der Waals surface area contributed by atoms with Crippen molar-refractivity contribution in [3.63, 3.8) is 0 Å². The fourth-order valence-electron chi connectivity index (χ4n) is 4.30. The molecular formula is C17H32N2O2. The van der Waals surface area contributed by atoms with Gasteiger partial charge in [-0.3, -0.25) is 9.69 Å². The molecule has 1 aliphatic heterocycles. The average molecular weight is 296 g/mol. The van der Waals surface area contributed by atoms with Gasteiger partial charge in [0, 0.05) is 18.6 Å². The number of piperidine rings is 1. The van der Waals surface area contributed by atoms with Crippen molar-refractivity contribution in [1.82, 2.24) is 9.80 Å². The first-order valence-electron chi connectivity index (χ1n) is 8.66. The highest BCUT2D eigenvalue weighted by molar-refractivity contribution is 5.71. The van der Waals surface area contributed by atoms with Gasteiger partial charge < -0.3 is 10.0 Å². The Kier molecular flexibility index (Phi) is 6.06. The lowest BCUT2D eigenvalue weighted by Gasteiger charge is -2.45. The van der Waals surface area contributed by atoms with Gasteiger partial charge >= 0.3 is 5.97 Å². The van der Waals surface area contributed by atoms with Crippen molar-refractivity contribution in [3.8, 4) is 0 Å². The van der Waals surface area contributed by atoms with E-state index in [9.17, 15) is 9.90 Å². The number of likely N-dealkylation sites (N-methyl/N-ethyl adjacent to an activating group) is 1. The molecule has 1 saturated heterocycles. The standard InChI is InChI=1S/C17H32N2O2/c1-4-6-13-8-9-15(17(20)21)16(11-13)19-10-5-7-14(12-19)18(2)3/h13-16H,4-12H2,1-3H3,(H,20,21). The minimum atomic E-state index is -0.582. The van der Waals surface area contributed by atoms with Crippen LogP contribution >= 0.6 is 0 Å². The number of aliphatic carboxylic acids is 1. The number of hydrogen-bond donors (Lipinski definition) is 1. The molecule has 4 nitrogen and oxygen atoms in total. The molecule has 0 aromatic rings. The smallest absolute Gasteiger partial charge is 0.308 e. The molecule has 0 aromatic carbocycles. The third kappa shape index (κ3) is 4.19. The molecule has 1 heterocycles. The van der Waals surface area contributed by atoms with Crippen LogP contribution in [0.4, 0.5) is 0 Å². The second-order valence-corrected chi connectivity index (χ2v) is 7.23. The van der Waals surface area contributed by atoms with Gasteiger partial charge in [-0.1, -0.05) is 19.8 Å². The Bertz CT molecular complexity index is 346. The fourth-order valence-corrected chi connectivity index (χ4v) is 4.30. The number of carboxylic acids is 1. The first kappa shape index (κ1) is 16.8. The maximum Gasteiger partial charge on any atom is 0.308 e. The zero-order chi connectivity index (χ0) is 15.4. The van der Waals surface area contributed by atoms with Crippen LogP contribution in [0, 0.1) is 11.8 Å². The van der Waals surface area contributed by atoms with Crippen molar-refractivity contribution in [3.05, 3.63) is 0 Å². The summed E-state index contributed by atoms with van der Waals surface area (Å²) in [4.78, 5) is 16.4. The summed E-state index contributed by atoms with van der Waals surface area (Å²) in [7, 11) is 4.28. The number of carbonyl (C=O) groups is 1.